The molecule has 0 radical (unpaired) electrons. The van der Waals surface area contributed by atoms with E-state index in [9.17, 15) is 0 Å². The predicted molar refractivity (Wildman–Crippen MR) is 92.4 cm³/mol. The topological polar surface area (TPSA) is 102 Å². The summed E-state index contributed by atoms with van der Waals surface area (Å²) in [6.07, 6.45) is 7.71. The molecule has 23 heavy (non-hydrogen) atoms. The summed E-state index contributed by atoms with van der Waals surface area (Å²) in [5.41, 5.74) is 9.14. The zero-order valence-electron chi connectivity index (χ0n) is 14.4. The number of hydrogen-bond acceptors (Lipinski definition) is 3. The molecule has 0 aliphatic rings. The van der Waals surface area contributed by atoms with Gasteiger partial charge in [-0.15, -0.1) is 0 Å². The number of rotatable bonds is 5. The van der Waals surface area contributed by atoms with Crippen molar-refractivity contribution in [1.29, 1.82) is 5.53 Å². The molecule has 6 nitrogen and oxygen atoms in total. The number of aromatic amines is 1. The third-order valence-electron chi connectivity index (χ3n) is 3.03. The zero-order chi connectivity index (χ0) is 17.5. The molecule has 0 amide bonds. The molecule has 0 atom stereocenters. The van der Waals surface area contributed by atoms with Crippen LogP contribution in [-0.2, 0) is 12.8 Å². The molecule has 128 valence electrons. The van der Waals surface area contributed by atoms with Gasteiger partial charge in [0, 0.05) is 18.3 Å². The maximum absolute atomic E-state index is 8.85. The number of aromatic nitrogens is 2. The number of nitrogens with two attached hydrogens (primary N) is 1. The van der Waals surface area contributed by atoms with Crippen LogP contribution in [0.15, 0.2) is 36.8 Å². The quantitative estimate of drug-likeness (QED) is 0.293. The van der Waals surface area contributed by atoms with Gasteiger partial charge in [-0.05, 0) is 47.3 Å². The third kappa shape index (κ3) is 11.9. The average molecular weight is 320 g/mol. The lowest BCUT2D eigenvalue weighted by Gasteiger charge is -1.93. The Morgan fingerprint density at radius 3 is 2.13 bits per heavy atom. The number of benzene rings is 1. The molecule has 2 aromatic rings. The Labute approximate surface area is 138 Å². The van der Waals surface area contributed by atoms with Crippen molar-refractivity contribution >= 4 is 0 Å². The van der Waals surface area contributed by atoms with Crippen molar-refractivity contribution < 1.29 is 9.91 Å². The first-order chi connectivity index (χ1) is 11.0. The van der Waals surface area contributed by atoms with Crippen LogP contribution in [0.5, 0.6) is 5.75 Å². The van der Waals surface area contributed by atoms with Gasteiger partial charge < -0.3 is 10.1 Å². The molecular weight excluding hydrogens is 290 g/mol. The highest BCUT2D eigenvalue weighted by Crippen LogP contribution is 2.09. The number of H-pyrrole nitrogens is 1. The Bertz CT molecular complexity index is 508. The maximum atomic E-state index is 8.85. The van der Waals surface area contributed by atoms with E-state index in [4.69, 9.17) is 16.5 Å². The van der Waals surface area contributed by atoms with Gasteiger partial charge in [-0.25, -0.2) is 4.98 Å². The molecule has 0 saturated heterocycles. The summed E-state index contributed by atoms with van der Waals surface area (Å²) in [7, 11) is 0. The minimum absolute atomic E-state index is 0.340. The second kappa shape index (κ2) is 13.3. The number of hydrogen-bond donors (Lipinski definition) is 4. The van der Waals surface area contributed by atoms with Gasteiger partial charge in [-0.2, -0.15) is 5.84 Å². The number of nitrogens with zero attached hydrogens (tertiary/aromatic N) is 2. The Kier molecular flexibility index (Phi) is 11.9. The molecule has 0 unspecified atom stereocenters. The van der Waals surface area contributed by atoms with E-state index in [1.165, 1.54) is 11.3 Å². The summed E-state index contributed by atoms with van der Waals surface area (Å²) in [6.45, 7) is 6.93. The van der Waals surface area contributed by atoms with Crippen molar-refractivity contribution in [3.8, 4) is 5.75 Å². The highest BCUT2D eigenvalue weighted by Gasteiger charge is 1.90. The van der Waals surface area contributed by atoms with E-state index in [1.807, 2.05) is 18.3 Å². The van der Waals surface area contributed by atoms with E-state index in [2.05, 4.69) is 30.7 Å². The van der Waals surface area contributed by atoms with Gasteiger partial charge in [0.15, 0.2) is 6.54 Å². The Morgan fingerprint density at radius 1 is 1.17 bits per heavy atom. The summed E-state index contributed by atoms with van der Waals surface area (Å²) < 4.78 is 0. The summed E-state index contributed by atoms with van der Waals surface area (Å²) in [4.78, 5) is 7.77. The molecule has 1 aromatic carbocycles. The van der Waals surface area contributed by atoms with Crippen molar-refractivity contribution in [3.05, 3.63) is 48.0 Å². The number of unbranched alkanes of at least 4 members (excludes halogenated alkanes) is 1. The molecule has 1 aromatic heterocycles. The van der Waals surface area contributed by atoms with Gasteiger partial charge in [0.2, 0.25) is 0 Å². The first-order valence-corrected chi connectivity index (χ1v) is 8.02. The highest BCUT2D eigenvalue weighted by molar-refractivity contribution is 5.25. The van der Waals surface area contributed by atoms with Crippen LogP contribution in [0.2, 0.25) is 0 Å². The van der Waals surface area contributed by atoms with E-state index >= 15 is 0 Å². The molecule has 0 saturated carbocycles. The van der Waals surface area contributed by atoms with Crippen molar-refractivity contribution in [3.63, 3.8) is 0 Å². The normalized spacial score (nSPS) is 9.17. The highest BCUT2D eigenvalue weighted by atomic mass is 16.3. The molecule has 0 aliphatic carbocycles. The maximum Gasteiger partial charge on any atom is 0.199 e. The lowest BCUT2D eigenvalue weighted by Crippen LogP contribution is -2.16. The first-order valence-electron chi connectivity index (χ1n) is 8.02. The fourth-order valence-electron chi connectivity index (χ4n) is 1.54. The van der Waals surface area contributed by atoms with E-state index in [-0.39, 0.29) is 0 Å². The number of nitrogens with one attached hydrogen (secondary N) is 2. The SMILES string of the molecule is CCCC[N+](=N)N.CCc1ccc(O)cc1.CCc1cnc[nH]1. The van der Waals surface area contributed by atoms with E-state index < -0.39 is 0 Å². The van der Waals surface area contributed by atoms with Gasteiger partial charge in [-0.3, -0.25) is 0 Å². The van der Waals surface area contributed by atoms with E-state index in [0.29, 0.717) is 12.3 Å². The standard InChI is InChI=1S/C8H10O.C5H8N2.C4H12N3/c1-2-7-3-5-8(9)6-4-7;1-2-5-3-6-4-7-5;1-2-3-4-7(5)6/h3-6,9H,2H2,1H3;3-4H,2H2,1H3,(H,6,7);2-4H2,1H3,(H3,5,6)/q;;+1. The van der Waals surface area contributed by atoms with Crippen molar-refractivity contribution in [1.82, 2.24) is 9.97 Å². The minimum Gasteiger partial charge on any atom is -0.508 e. The lowest BCUT2D eigenvalue weighted by atomic mass is 10.2. The van der Waals surface area contributed by atoms with Crippen molar-refractivity contribution in [2.75, 3.05) is 6.54 Å². The average Bonchev–Trinajstić information content (AvgIpc) is 3.08. The minimum atomic E-state index is 0.340. The van der Waals surface area contributed by atoms with Gasteiger partial charge >= 0.3 is 0 Å². The zero-order valence-corrected chi connectivity index (χ0v) is 14.4. The van der Waals surface area contributed by atoms with Gasteiger partial charge in [-0.1, -0.05) is 32.9 Å². The van der Waals surface area contributed by atoms with E-state index in [1.54, 1.807) is 18.5 Å². The molecule has 0 aliphatic heterocycles. The number of imidazole rings is 1. The third-order valence-corrected chi connectivity index (χ3v) is 3.03. The van der Waals surface area contributed by atoms with E-state index in [0.717, 1.165) is 30.5 Å². The van der Waals surface area contributed by atoms with Crippen LogP contribution in [0.3, 0.4) is 0 Å². The summed E-state index contributed by atoms with van der Waals surface area (Å²) in [6, 6.07) is 7.27. The number of hydrazine groups is 1. The van der Waals surface area contributed by atoms with Crippen LogP contribution < -0.4 is 5.84 Å². The molecular formula is C17H30N5O+. The summed E-state index contributed by atoms with van der Waals surface area (Å²) in [5.74, 6) is 5.32. The molecule has 0 spiro atoms. The van der Waals surface area contributed by atoms with Gasteiger partial charge in [0.1, 0.15) is 5.75 Å². The first kappa shape index (κ1) is 20.6. The predicted octanol–water partition coefficient (Wildman–Crippen LogP) is 3.63. The second-order valence-corrected chi connectivity index (χ2v) is 5.00. The van der Waals surface area contributed by atoms with Crippen LogP contribution in [0.1, 0.15) is 44.9 Å². The summed E-state index contributed by atoms with van der Waals surface area (Å²) in [5, 5.41) is 8.85. The number of phenols is 1. The Balaban J connectivity index is 0.000000320. The summed E-state index contributed by atoms with van der Waals surface area (Å²) >= 11 is 0. The second-order valence-electron chi connectivity index (χ2n) is 5.00. The largest absolute Gasteiger partial charge is 0.508 e. The van der Waals surface area contributed by atoms with Crippen molar-refractivity contribution in [2.24, 2.45) is 5.84 Å². The van der Waals surface area contributed by atoms with Crippen LogP contribution in [-0.4, -0.2) is 26.4 Å². The number of phenolic OH excluding ortho intramolecular Hbond substituents is 1. The molecule has 5 N–H and O–H groups in total. The molecule has 6 heteroatoms. The fraction of sp³-hybridized carbons (Fsp3) is 0.471. The molecule has 1 heterocycles. The fourth-order valence-corrected chi connectivity index (χ4v) is 1.54. The van der Waals surface area contributed by atoms with Crippen LogP contribution >= 0.6 is 0 Å². The van der Waals surface area contributed by atoms with Crippen LogP contribution in [0.4, 0.5) is 0 Å². The van der Waals surface area contributed by atoms with Crippen LogP contribution in [0.25, 0.3) is 0 Å². The number of aromatic hydroxyl groups is 1. The smallest absolute Gasteiger partial charge is 0.199 e. The van der Waals surface area contributed by atoms with Gasteiger partial charge in [0.05, 0.1) is 6.33 Å². The van der Waals surface area contributed by atoms with Crippen molar-refractivity contribution in [2.45, 2.75) is 46.5 Å². The van der Waals surface area contributed by atoms with Gasteiger partial charge in [0.25, 0.3) is 0 Å². The number of aryl methyl sites for hydroxylation is 2. The Hall–Kier alpha value is -2.37. The molecule has 0 fully saturated rings. The van der Waals surface area contributed by atoms with Crippen LogP contribution in [0, 0.1) is 5.53 Å². The molecule has 2 rings (SSSR count). The molecule has 0 bridgehead atoms. The Morgan fingerprint density at radius 2 is 1.83 bits per heavy atom. The monoisotopic (exact) mass is 320 g/mol. The lowest BCUT2D eigenvalue weighted by molar-refractivity contribution is -0.626.